The summed E-state index contributed by atoms with van der Waals surface area (Å²) < 4.78 is 0. The quantitative estimate of drug-likeness (QED) is 0.711. The van der Waals surface area contributed by atoms with Crippen molar-refractivity contribution in [3.8, 4) is 11.8 Å². The van der Waals surface area contributed by atoms with E-state index in [1.807, 2.05) is 30.5 Å². The Labute approximate surface area is 189 Å². The van der Waals surface area contributed by atoms with Gasteiger partial charge in [0.05, 0.1) is 5.52 Å². The third-order valence-electron chi connectivity index (χ3n) is 6.74. The van der Waals surface area contributed by atoms with Gasteiger partial charge in [-0.15, -0.1) is 0 Å². The van der Waals surface area contributed by atoms with Gasteiger partial charge >= 0.3 is 0 Å². The van der Waals surface area contributed by atoms with Gasteiger partial charge in [0.15, 0.2) is 0 Å². The van der Waals surface area contributed by atoms with E-state index in [4.69, 9.17) is 5.73 Å². The summed E-state index contributed by atoms with van der Waals surface area (Å²) in [4.78, 5) is 30.9. The Kier molecular flexibility index (Phi) is 7.06. The van der Waals surface area contributed by atoms with Gasteiger partial charge in [-0.3, -0.25) is 14.6 Å². The number of para-hydroxylation sites is 1. The van der Waals surface area contributed by atoms with Crippen LogP contribution in [0.1, 0.15) is 56.9 Å². The average molecular weight is 433 g/mol. The lowest BCUT2D eigenvalue weighted by atomic mass is 9.81. The number of likely N-dealkylation sites (tertiary alicyclic amines) is 1. The van der Waals surface area contributed by atoms with E-state index >= 15 is 0 Å². The lowest BCUT2D eigenvalue weighted by Crippen LogP contribution is -2.52. The Morgan fingerprint density at radius 2 is 1.91 bits per heavy atom. The monoisotopic (exact) mass is 432 g/mol. The number of carbonyl (C=O) groups excluding carboxylic acids is 2. The first-order valence-corrected chi connectivity index (χ1v) is 11.7. The van der Waals surface area contributed by atoms with Gasteiger partial charge in [-0.25, -0.2) is 0 Å². The van der Waals surface area contributed by atoms with E-state index in [-0.39, 0.29) is 17.7 Å². The van der Waals surface area contributed by atoms with Crippen LogP contribution in [0.25, 0.3) is 10.9 Å². The number of primary amides is 1. The van der Waals surface area contributed by atoms with E-state index in [0.717, 1.165) is 68.1 Å². The molecule has 2 fully saturated rings. The molecular formula is C26H32N4O2. The Morgan fingerprint density at radius 3 is 2.66 bits per heavy atom. The molecule has 0 bridgehead atoms. The zero-order chi connectivity index (χ0) is 22.4. The molecule has 32 heavy (non-hydrogen) atoms. The van der Waals surface area contributed by atoms with Crippen molar-refractivity contribution in [1.82, 2.24) is 15.2 Å². The van der Waals surface area contributed by atoms with Gasteiger partial charge in [-0.1, -0.05) is 49.3 Å². The molecule has 4 rings (SSSR count). The van der Waals surface area contributed by atoms with Crippen LogP contribution in [0.4, 0.5) is 0 Å². The van der Waals surface area contributed by atoms with Crippen LogP contribution >= 0.6 is 0 Å². The second-order valence-corrected chi connectivity index (χ2v) is 9.13. The number of piperidine rings is 1. The molecule has 2 aromatic rings. The van der Waals surface area contributed by atoms with Gasteiger partial charge < -0.3 is 16.0 Å². The molecule has 2 amide bonds. The van der Waals surface area contributed by atoms with E-state index in [2.05, 4.69) is 33.1 Å². The van der Waals surface area contributed by atoms with E-state index in [9.17, 15) is 9.59 Å². The highest BCUT2D eigenvalue weighted by Gasteiger charge is 2.35. The number of benzene rings is 1. The number of amides is 2. The highest BCUT2D eigenvalue weighted by atomic mass is 16.2. The molecule has 0 spiro atoms. The molecule has 3 N–H and O–H groups in total. The second kappa shape index (κ2) is 10.1. The Balaban J connectivity index is 1.43. The molecule has 1 aromatic carbocycles. The van der Waals surface area contributed by atoms with Crippen LogP contribution in [0, 0.1) is 17.8 Å². The maximum absolute atomic E-state index is 13.1. The molecule has 1 saturated carbocycles. The van der Waals surface area contributed by atoms with Crippen LogP contribution in [0.3, 0.4) is 0 Å². The molecule has 0 radical (unpaired) electrons. The first-order chi connectivity index (χ1) is 15.5. The summed E-state index contributed by atoms with van der Waals surface area (Å²) in [6.45, 7) is 2.33. The summed E-state index contributed by atoms with van der Waals surface area (Å²) in [6, 6.07) is 10.1. The molecule has 0 unspecified atom stereocenters. The number of nitrogens with one attached hydrogen (secondary N) is 1. The van der Waals surface area contributed by atoms with Crippen molar-refractivity contribution < 1.29 is 9.59 Å². The van der Waals surface area contributed by atoms with Crippen molar-refractivity contribution in [2.75, 3.05) is 19.6 Å². The highest BCUT2D eigenvalue weighted by Crippen LogP contribution is 2.29. The number of hydrogen-bond donors (Lipinski definition) is 2. The Hall–Kier alpha value is -2.91. The predicted octanol–water partition coefficient (Wildman–Crippen LogP) is 2.99. The summed E-state index contributed by atoms with van der Waals surface area (Å²) in [5, 5.41) is 4.42. The molecule has 1 aliphatic carbocycles. The standard InChI is InChI=1S/C26H32N4O2/c27-24(31)11-17-30-15-9-21(10-16-30)25(32)29-26(12-4-1-5-13-26)14-8-20-18-22-6-2-3-7-23(22)28-19-20/h2-3,6-7,18-19,21H,1,4-5,9-13,15-17H2,(H2,27,31)(H,29,32). The molecule has 2 aliphatic rings. The molecule has 6 heteroatoms. The SMILES string of the molecule is NC(=O)CCN1CCC(C(=O)NC2(C#Cc3cnc4ccccc4c3)CCCCC2)CC1. The lowest BCUT2D eigenvalue weighted by Gasteiger charge is -2.37. The van der Waals surface area contributed by atoms with Crippen LogP contribution in [0.2, 0.25) is 0 Å². The van der Waals surface area contributed by atoms with Crippen molar-refractivity contribution in [2.45, 2.75) is 56.9 Å². The first kappa shape index (κ1) is 22.3. The third kappa shape index (κ3) is 5.66. The van der Waals surface area contributed by atoms with Crippen LogP contribution in [0.5, 0.6) is 0 Å². The number of hydrogen-bond acceptors (Lipinski definition) is 4. The maximum Gasteiger partial charge on any atom is 0.224 e. The lowest BCUT2D eigenvalue weighted by molar-refractivity contribution is -0.128. The Bertz CT molecular complexity index is 1020. The van der Waals surface area contributed by atoms with Gasteiger partial charge in [-0.2, -0.15) is 0 Å². The van der Waals surface area contributed by atoms with E-state index < -0.39 is 5.54 Å². The third-order valence-corrected chi connectivity index (χ3v) is 6.74. The minimum atomic E-state index is -0.454. The van der Waals surface area contributed by atoms with Gasteiger partial charge in [0.25, 0.3) is 0 Å². The molecule has 1 aliphatic heterocycles. The van der Waals surface area contributed by atoms with E-state index in [1.54, 1.807) is 0 Å². The number of aromatic nitrogens is 1. The van der Waals surface area contributed by atoms with Crippen molar-refractivity contribution in [3.05, 3.63) is 42.1 Å². The average Bonchev–Trinajstić information content (AvgIpc) is 2.82. The van der Waals surface area contributed by atoms with Gasteiger partial charge in [-0.05, 0) is 50.9 Å². The summed E-state index contributed by atoms with van der Waals surface area (Å²) >= 11 is 0. The van der Waals surface area contributed by atoms with Gasteiger partial charge in [0.1, 0.15) is 5.54 Å². The number of nitrogens with two attached hydrogens (primary N) is 1. The van der Waals surface area contributed by atoms with Crippen LogP contribution in [-0.2, 0) is 9.59 Å². The van der Waals surface area contributed by atoms with Crippen molar-refractivity contribution in [3.63, 3.8) is 0 Å². The minimum absolute atomic E-state index is 0.00256. The molecule has 1 saturated heterocycles. The number of nitrogens with zero attached hydrogens (tertiary/aromatic N) is 2. The van der Waals surface area contributed by atoms with E-state index in [1.165, 1.54) is 6.42 Å². The number of rotatable bonds is 5. The van der Waals surface area contributed by atoms with Crippen molar-refractivity contribution in [2.24, 2.45) is 11.7 Å². The fourth-order valence-electron chi connectivity index (χ4n) is 4.79. The zero-order valence-electron chi connectivity index (χ0n) is 18.6. The molecule has 0 atom stereocenters. The molecule has 6 nitrogen and oxygen atoms in total. The number of fused-ring (bicyclic) bond motifs is 1. The van der Waals surface area contributed by atoms with Crippen LogP contribution in [0.15, 0.2) is 36.5 Å². The highest BCUT2D eigenvalue weighted by molar-refractivity contribution is 5.81. The number of pyridine rings is 1. The summed E-state index contributed by atoms with van der Waals surface area (Å²) in [5.41, 5.74) is 6.64. The topological polar surface area (TPSA) is 88.3 Å². The summed E-state index contributed by atoms with van der Waals surface area (Å²) in [6.07, 6.45) is 8.94. The zero-order valence-corrected chi connectivity index (χ0v) is 18.6. The van der Waals surface area contributed by atoms with E-state index in [0.29, 0.717) is 13.0 Å². The van der Waals surface area contributed by atoms with Crippen LogP contribution < -0.4 is 11.1 Å². The largest absolute Gasteiger partial charge is 0.370 e. The molecule has 2 heterocycles. The fourth-order valence-corrected chi connectivity index (χ4v) is 4.79. The predicted molar refractivity (Wildman–Crippen MR) is 126 cm³/mol. The minimum Gasteiger partial charge on any atom is -0.370 e. The van der Waals surface area contributed by atoms with Crippen molar-refractivity contribution in [1.29, 1.82) is 0 Å². The van der Waals surface area contributed by atoms with Gasteiger partial charge in [0.2, 0.25) is 11.8 Å². The van der Waals surface area contributed by atoms with Crippen LogP contribution in [-0.4, -0.2) is 46.9 Å². The molecule has 1 aromatic heterocycles. The smallest absolute Gasteiger partial charge is 0.224 e. The molecule has 168 valence electrons. The second-order valence-electron chi connectivity index (χ2n) is 9.13. The number of carbonyl (C=O) groups is 2. The summed E-state index contributed by atoms with van der Waals surface area (Å²) in [7, 11) is 0. The normalized spacial score (nSPS) is 19.1. The Morgan fingerprint density at radius 1 is 1.16 bits per heavy atom. The van der Waals surface area contributed by atoms with Crippen molar-refractivity contribution >= 4 is 22.7 Å². The maximum atomic E-state index is 13.1. The summed E-state index contributed by atoms with van der Waals surface area (Å²) in [5.74, 6) is 6.60. The molecular weight excluding hydrogens is 400 g/mol. The first-order valence-electron chi connectivity index (χ1n) is 11.7. The fraction of sp³-hybridized carbons (Fsp3) is 0.500. The van der Waals surface area contributed by atoms with Gasteiger partial charge in [0, 0.05) is 36.0 Å².